The number of urea groups is 1. The van der Waals surface area contributed by atoms with Gasteiger partial charge in [-0.05, 0) is 42.8 Å². The molecule has 3 amide bonds. The minimum Gasteiger partial charge on any atom is -0.497 e. The molecule has 0 saturated carbocycles. The lowest BCUT2D eigenvalue weighted by Crippen LogP contribution is -2.37. The van der Waals surface area contributed by atoms with Crippen LogP contribution in [0.1, 0.15) is 18.1 Å². The van der Waals surface area contributed by atoms with Crippen molar-refractivity contribution >= 4 is 23.3 Å². The van der Waals surface area contributed by atoms with Gasteiger partial charge in [0.25, 0.3) is 5.91 Å². The molecule has 1 aliphatic rings. The molecule has 0 aromatic heterocycles. The van der Waals surface area contributed by atoms with Crippen LogP contribution in [0.4, 0.5) is 16.2 Å². The van der Waals surface area contributed by atoms with Gasteiger partial charge in [-0.2, -0.15) is 0 Å². The molecule has 0 bridgehead atoms. The highest BCUT2D eigenvalue weighted by Gasteiger charge is 2.28. The maximum Gasteiger partial charge on any atom is 0.323 e. The van der Waals surface area contributed by atoms with E-state index in [1.54, 1.807) is 55.3 Å². The predicted molar refractivity (Wildman–Crippen MR) is 123 cm³/mol. The Morgan fingerprint density at radius 1 is 1.03 bits per heavy atom. The van der Waals surface area contributed by atoms with Gasteiger partial charge in [0, 0.05) is 36.1 Å². The smallest absolute Gasteiger partial charge is 0.323 e. The molecule has 1 aliphatic heterocycles. The normalized spacial score (nSPS) is 15.2. The molecule has 32 heavy (non-hydrogen) atoms. The number of anilines is 2. The first-order valence-corrected chi connectivity index (χ1v) is 10.4. The largest absolute Gasteiger partial charge is 0.497 e. The fourth-order valence-corrected chi connectivity index (χ4v) is 3.61. The molecule has 0 radical (unpaired) electrons. The summed E-state index contributed by atoms with van der Waals surface area (Å²) in [6, 6.07) is 22.0. The number of hydrogen-bond donors (Lipinski definition) is 2. The second-order valence-corrected chi connectivity index (χ2v) is 7.57. The Morgan fingerprint density at radius 3 is 2.53 bits per heavy atom. The van der Waals surface area contributed by atoms with Crippen LogP contribution in [0.2, 0.25) is 0 Å². The van der Waals surface area contributed by atoms with Gasteiger partial charge in [-0.15, -0.1) is 0 Å². The first kappa shape index (κ1) is 21.2. The number of hydrogen-bond acceptors (Lipinski definition) is 4. The minimum atomic E-state index is -0.588. The summed E-state index contributed by atoms with van der Waals surface area (Å²) < 4.78 is 11.1. The molecular weight excluding hydrogens is 406 g/mol. The van der Waals surface area contributed by atoms with Crippen LogP contribution < -0.4 is 20.1 Å². The van der Waals surface area contributed by atoms with Crippen molar-refractivity contribution in [3.63, 3.8) is 0 Å². The number of amides is 3. The molecule has 0 aliphatic carbocycles. The summed E-state index contributed by atoms with van der Waals surface area (Å²) in [5.74, 6) is 1.22. The van der Waals surface area contributed by atoms with Gasteiger partial charge < -0.3 is 25.0 Å². The monoisotopic (exact) mass is 431 g/mol. The molecule has 7 nitrogen and oxygen atoms in total. The second-order valence-electron chi connectivity index (χ2n) is 7.57. The second kappa shape index (κ2) is 9.43. The molecule has 0 spiro atoms. The number of fused-ring (bicyclic) bond motifs is 1. The third kappa shape index (κ3) is 5.00. The van der Waals surface area contributed by atoms with Crippen molar-refractivity contribution in [1.29, 1.82) is 0 Å². The van der Waals surface area contributed by atoms with Gasteiger partial charge in [0.15, 0.2) is 6.10 Å². The maximum atomic E-state index is 12.8. The van der Waals surface area contributed by atoms with E-state index >= 15 is 0 Å². The summed E-state index contributed by atoms with van der Waals surface area (Å²) in [4.78, 5) is 27.1. The molecule has 0 saturated heterocycles. The van der Waals surface area contributed by atoms with Crippen LogP contribution in [0.3, 0.4) is 0 Å². The first-order chi connectivity index (χ1) is 15.5. The summed E-state index contributed by atoms with van der Waals surface area (Å²) in [5.41, 5.74) is 3.10. The van der Waals surface area contributed by atoms with E-state index < -0.39 is 6.10 Å². The van der Waals surface area contributed by atoms with Crippen molar-refractivity contribution in [2.24, 2.45) is 0 Å². The average Bonchev–Trinajstić information content (AvgIpc) is 2.91. The summed E-state index contributed by atoms with van der Waals surface area (Å²) in [7, 11) is 1.57. The summed E-state index contributed by atoms with van der Waals surface area (Å²) in [6.45, 7) is 2.63. The Balaban J connectivity index is 1.49. The predicted octanol–water partition coefficient (Wildman–Crippen LogP) is 4.65. The lowest BCUT2D eigenvalue weighted by atomic mass is 10.1. The number of benzene rings is 3. The van der Waals surface area contributed by atoms with Crippen molar-refractivity contribution < 1.29 is 19.1 Å². The van der Waals surface area contributed by atoms with Gasteiger partial charge >= 0.3 is 6.03 Å². The molecule has 3 aromatic carbocycles. The highest BCUT2D eigenvalue weighted by molar-refractivity contribution is 6.00. The van der Waals surface area contributed by atoms with Crippen LogP contribution in [-0.2, 0) is 17.9 Å². The number of ether oxygens (including phenoxy) is 2. The fourth-order valence-electron chi connectivity index (χ4n) is 3.61. The Morgan fingerprint density at radius 2 is 1.78 bits per heavy atom. The molecule has 1 heterocycles. The molecule has 7 heteroatoms. The molecule has 1 unspecified atom stereocenters. The number of nitrogens with zero attached hydrogens (tertiary/aromatic N) is 1. The maximum absolute atomic E-state index is 12.8. The summed E-state index contributed by atoms with van der Waals surface area (Å²) >= 11 is 0. The third-order valence-electron chi connectivity index (χ3n) is 5.19. The van der Waals surface area contributed by atoms with Crippen molar-refractivity contribution in [2.75, 3.05) is 17.7 Å². The number of rotatable bonds is 5. The van der Waals surface area contributed by atoms with Gasteiger partial charge in [0.05, 0.1) is 7.11 Å². The van der Waals surface area contributed by atoms with Gasteiger partial charge in [0.2, 0.25) is 0 Å². The fraction of sp³-hybridized carbons (Fsp3) is 0.200. The zero-order valence-electron chi connectivity index (χ0n) is 18.0. The van der Waals surface area contributed by atoms with E-state index in [-0.39, 0.29) is 11.9 Å². The number of carbonyl (C=O) groups excluding carboxylic acids is 2. The highest BCUT2D eigenvalue weighted by atomic mass is 16.5. The van der Waals surface area contributed by atoms with Gasteiger partial charge in [0.1, 0.15) is 11.5 Å². The van der Waals surface area contributed by atoms with Gasteiger partial charge in [-0.3, -0.25) is 4.79 Å². The van der Waals surface area contributed by atoms with Crippen LogP contribution in [0, 0.1) is 0 Å². The quantitative estimate of drug-likeness (QED) is 0.616. The Hall–Kier alpha value is -4.00. The van der Waals surface area contributed by atoms with E-state index in [2.05, 4.69) is 10.6 Å². The number of methoxy groups -OCH3 is 1. The summed E-state index contributed by atoms with van der Waals surface area (Å²) in [5, 5.41) is 5.62. The van der Waals surface area contributed by atoms with E-state index in [1.165, 1.54) is 0 Å². The van der Waals surface area contributed by atoms with E-state index in [0.717, 1.165) is 11.1 Å². The standard InChI is InChI=1S/C25H25N3O4/c1-17-24(29)28(15-18-7-4-3-5-8-18)16-19-13-21(11-12-23(19)32-17)27-25(30)26-20-9-6-10-22(14-20)31-2/h3-14,17H,15-16H2,1-2H3,(H2,26,27,30). The molecular formula is C25H25N3O4. The minimum absolute atomic E-state index is 0.0738. The molecule has 4 rings (SSSR count). The topological polar surface area (TPSA) is 79.9 Å². The van der Waals surface area contributed by atoms with Crippen molar-refractivity contribution in [3.8, 4) is 11.5 Å². The highest BCUT2D eigenvalue weighted by Crippen LogP contribution is 2.29. The van der Waals surface area contributed by atoms with E-state index in [9.17, 15) is 9.59 Å². The molecule has 0 fully saturated rings. The SMILES string of the molecule is COc1cccc(NC(=O)Nc2ccc3c(c2)CN(Cc2ccccc2)C(=O)C(C)O3)c1. The van der Waals surface area contributed by atoms with Crippen LogP contribution in [0.5, 0.6) is 11.5 Å². The van der Waals surface area contributed by atoms with Crippen molar-refractivity contribution in [3.05, 3.63) is 83.9 Å². The Kier molecular flexibility index (Phi) is 6.26. The van der Waals surface area contributed by atoms with Gasteiger partial charge in [-0.1, -0.05) is 36.4 Å². The average molecular weight is 431 g/mol. The summed E-state index contributed by atoms with van der Waals surface area (Å²) in [6.07, 6.45) is -0.588. The van der Waals surface area contributed by atoms with Crippen molar-refractivity contribution in [2.45, 2.75) is 26.1 Å². The molecule has 2 N–H and O–H groups in total. The van der Waals surface area contributed by atoms with Crippen molar-refractivity contribution in [1.82, 2.24) is 4.90 Å². The zero-order chi connectivity index (χ0) is 22.5. The van der Waals surface area contributed by atoms with Crippen LogP contribution in [0.15, 0.2) is 72.8 Å². The molecule has 1 atom stereocenters. The Bertz CT molecular complexity index is 1120. The number of nitrogens with one attached hydrogen (secondary N) is 2. The van der Waals surface area contributed by atoms with Crippen LogP contribution in [0.25, 0.3) is 0 Å². The van der Waals surface area contributed by atoms with E-state index in [4.69, 9.17) is 9.47 Å². The number of carbonyl (C=O) groups is 2. The molecule has 3 aromatic rings. The lowest BCUT2D eigenvalue weighted by Gasteiger charge is -2.22. The lowest BCUT2D eigenvalue weighted by molar-refractivity contribution is -0.138. The van der Waals surface area contributed by atoms with Crippen LogP contribution in [-0.4, -0.2) is 30.1 Å². The first-order valence-electron chi connectivity index (χ1n) is 10.4. The van der Waals surface area contributed by atoms with Gasteiger partial charge in [-0.25, -0.2) is 4.79 Å². The molecule has 164 valence electrons. The van der Waals surface area contributed by atoms with E-state index in [1.807, 2.05) is 36.4 Å². The van der Waals surface area contributed by atoms with Crippen LogP contribution >= 0.6 is 0 Å². The Labute approximate surface area is 187 Å². The van der Waals surface area contributed by atoms with E-state index in [0.29, 0.717) is 36.0 Å². The third-order valence-corrected chi connectivity index (χ3v) is 5.19. The zero-order valence-corrected chi connectivity index (χ0v) is 18.0.